The van der Waals surface area contributed by atoms with Crippen LogP contribution in [0.2, 0.25) is 0 Å². The Balaban J connectivity index is 2.82. The lowest BCUT2D eigenvalue weighted by Gasteiger charge is -2.29. The second-order valence-electron chi connectivity index (χ2n) is 3.47. The lowest BCUT2D eigenvalue weighted by molar-refractivity contribution is 0.132. The van der Waals surface area contributed by atoms with Gasteiger partial charge in [-0.25, -0.2) is 9.97 Å². The zero-order valence-corrected chi connectivity index (χ0v) is 9.01. The molecule has 1 rings (SSSR count). The molecule has 0 unspecified atom stereocenters. The van der Waals surface area contributed by atoms with Gasteiger partial charge in [-0.15, -0.1) is 0 Å². The maximum Gasteiger partial charge on any atom is 0.158 e. The molecule has 1 aromatic rings. The number of hydrogen-bond acceptors (Lipinski definition) is 6. The predicted molar refractivity (Wildman–Crippen MR) is 57.6 cm³/mol. The summed E-state index contributed by atoms with van der Waals surface area (Å²) in [7, 11) is 0. The second-order valence-corrected chi connectivity index (χ2v) is 3.47. The molecular formula is C10H14N4O2. The van der Waals surface area contributed by atoms with E-state index >= 15 is 0 Å². The van der Waals surface area contributed by atoms with Crippen LogP contribution in [-0.4, -0.2) is 38.9 Å². The summed E-state index contributed by atoms with van der Waals surface area (Å²) in [6.45, 7) is 1.43. The molecule has 0 bridgehead atoms. The second kappa shape index (κ2) is 5.39. The molecule has 0 atom stereocenters. The largest absolute Gasteiger partial charge is 0.394 e. The van der Waals surface area contributed by atoms with Crippen molar-refractivity contribution in [2.24, 2.45) is 0 Å². The lowest BCUT2D eigenvalue weighted by atomic mass is 9.99. The van der Waals surface area contributed by atoms with Gasteiger partial charge in [0.25, 0.3) is 0 Å². The molecule has 0 amide bonds. The third-order valence-electron chi connectivity index (χ3n) is 2.44. The van der Waals surface area contributed by atoms with Crippen molar-refractivity contribution in [1.82, 2.24) is 9.97 Å². The highest BCUT2D eigenvalue weighted by molar-refractivity contribution is 5.36. The number of nitrogens with one attached hydrogen (secondary N) is 1. The van der Waals surface area contributed by atoms with Gasteiger partial charge in [0.2, 0.25) is 0 Å². The number of aliphatic hydroxyl groups is 2. The highest BCUT2D eigenvalue weighted by Crippen LogP contribution is 2.15. The lowest BCUT2D eigenvalue weighted by Crippen LogP contribution is -2.45. The summed E-state index contributed by atoms with van der Waals surface area (Å²) in [5, 5.41) is 29.9. The Kier molecular flexibility index (Phi) is 4.17. The fraction of sp³-hybridized carbons (Fsp3) is 0.500. The summed E-state index contributed by atoms with van der Waals surface area (Å²) in [5.41, 5.74) is -0.580. The molecule has 0 aliphatic carbocycles. The van der Waals surface area contributed by atoms with Gasteiger partial charge in [0.15, 0.2) is 5.69 Å². The van der Waals surface area contributed by atoms with Crippen LogP contribution >= 0.6 is 0 Å². The molecule has 6 nitrogen and oxygen atoms in total. The molecule has 0 spiro atoms. The van der Waals surface area contributed by atoms with E-state index in [1.165, 1.54) is 12.4 Å². The summed E-state index contributed by atoms with van der Waals surface area (Å²) in [6, 6.07) is 1.86. The predicted octanol–water partition coefficient (Wildman–Crippen LogP) is -0.106. The Labute approximate surface area is 93.6 Å². The van der Waals surface area contributed by atoms with E-state index in [1.54, 1.807) is 0 Å². The van der Waals surface area contributed by atoms with E-state index < -0.39 is 5.54 Å². The van der Waals surface area contributed by atoms with Gasteiger partial charge < -0.3 is 15.5 Å². The molecule has 86 valence electrons. The molecule has 0 aliphatic rings. The Morgan fingerprint density at radius 3 is 2.44 bits per heavy atom. The van der Waals surface area contributed by atoms with E-state index in [9.17, 15) is 10.2 Å². The molecule has 0 saturated carbocycles. The fourth-order valence-electron chi connectivity index (χ4n) is 1.16. The molecular weight excluding hydrogens is 208 g/mol. The zero-order chi connectivity index (χ0) is 12.0. The van der Waals surface area contributed by atoms with E-state index in [0.717, 1.165) is 0 Å². The van der Waals surface area contributed by atoms with Gasteiger partial charge >= 0.3 is 0 Å². The average molecular weight is 222 g/mol. The first-order valence-corrected chi connectivity index (χ1v) is 4.91. The normalized spacial score (nSPS) is 10.9. The summed E-state index contributed by atoms with van der Waals surface area (Å²) in [6.07, 6.45) is 3.27. The van der Waals surface area contributed by atoms with Crippen LogP contribution in [0.25, 0.3) is 0 Å². The number of hydrogen-bond donors (Lipinski definition) is 3. The van der Waals surface area contributed by atoms with Gasteiger partial charge in [0, 0.05) is 0 Å². The van der Waals surface area contributed by atoms with Crippen molar-refractivity contribution < 1.29 is 10.2 Å². The van der Waals surface area contributed by atoms with Crippen molar-refractivity contribution in [1.29, 1.82) is 5.26 Å². The van der Waals surface area contributed by atoms with Crippen LogP contribution in [0.5, 0.6) is 0 Å². The highest BCUT2D eigenvalue weighted by atomic mass is 16.3. The van der Waals surface area contributed by atoms with Crippen molar-refractivity contribution in [3.05, 3.63) is 18.1 Å². The van der Waals surface area contributed by atoms with E-state index in [-0.39, 0.29) is 18.9 Å². The van der Waals surface area contributed by atoms with Crippen molar-refractivity contribution in [2.75, 3.05) is 18.5 Å². The number of aromatic nitrogens is 2. The summed E-state index contributed by atoms with van der Waals surface area (Å²) in [4.78, 5) is 7.79. The maximum atomic E-state index is 9.22. The quantitative estimate of drug-likeness (QED) is 0.642. The fourth-order valence-corrected chi connectivity index (χ4v) is 1.16. The molecule has 0 radical (unpaired) electrons. The standard InChI is InChI=1S/C10H14N4O2/c1-2-10(6-15,7-16)14-9-5-12-8(3-11)4-13-9/h4-5,15-16H,2,6-7H2,1H3,(H,13,14). The first-order valence-electron chi connectivity index (χ1n) is 4.91. The maximum absolute atomic E-state index is 9.22. The molecule has 0 aromatic carbocycles. The van der Waals surface area contributed by atoms with Crippen molar-refractivity contribution >= 4 is 5.82 Å². The average Bonchev–Trinajstić information content (AvgIpc) is 2.37. The Hall–Kier alpha value is -1.71. The Morgan fingerprint density at radius 2 is 2.06 bits per heavy atom. The number of anilines is 1. The molecule has 1 aromatic heterocycles. The molecule has 3 N–H and O–H groups in total. The van der Waals surface area contributed by atoms with E-state index in [1.807, 2.05) is 13.0 Å². The minimum Gasteiger partial charge on any atom is -0.394 e. The number of aliphatic hydroxyl groups excluding tert-OH is 2. The monoisotopic (exact) mass is 222 g/mol. The topological polar surface area (TPSA) is 102 Å². The van der Waals surface area contributed by atoms with Crippen LogP contribution in [-0.2, 0) is 0 Å². The highest BCUT2D eigenvalue weighted by Gasteiger charge is 2.26. The van der Waals surface area contributed by atoms with Gasteiger partial charge in [-0.1, -0.05) is 6.92 Å². The molecule has 0 fully saturated rings. The molecule has 6 heteroatoms. The van der Waals surface area contributed by atoms with Crippen molar-refractivity contribution in [2.45, 2.75) is 18.9 Å². The van der Waals surface area contributed by atoms with Gasteiger partial charge in [0.05, 0.1) is 31.1 Å². The van der Waals surface area contributed by atoms with Crippen LogP contribution in [0.15, 0.2) is 12.4 Å². The van der Waals surface area contributed by atoms with Crippen LogP contribution in [0.3, 0.4) is 0 Å². The van der Waals surface area contributed by atoms with Gasteiger partial charge in [-0.2, -0.15) is 5.26 Å². The van der Waals surface area contributed by atoms with E-state index in [2.05, 4.69) is 15.3 Å². The van der Waals surface area contributed by atoms with Crippen LogP contribution in [0, 0.1) is 11.3 Å². The first-order chi connectivity index (χ1) is 7.69. The van der Waals surface area contributed by atoms with Gasteiger partial charge in [-0.3, -0.25) is 0 Å². The Bertz CT molecular complexity index is 359. The third kappa shape index (κ3) is 2.66. The first kappa shape index (κ1) is 12.4. The molecule has 0 saturated heterocycles. The summed E-state index contributed by atoms with van der Waals surface area (Å²) >= 11 is 0. The van der Waals surface area contributed by atoms with Crippen LogP contribution in [0.1, 0.15) is 19.0 Å². The number of rotatable bonds is 5. The smallest absolute Gasteiger partial charge is 0.158 e. The minimum absolute atomic E-state index is 0.207. The SMILES string of the molecule is CCC(CO)(CO)Nc1cnc(C#N)cn1. The molecule has 1 heterocycles. The van der Waals surface area contributed by atoms with E-state index in [4.69, 9.17) is 5.26 Å². The number of nitrogens with zero attached hydrogens (tertiary/aromatic N) is 3. The molecule has 0 aliphatic heterocycles. The summed E-state index contributed by atoms with van der Waals surface area (Å²) in [5.74, 6) is 0.420. The van der Waals surface area contributed by atoms with Gasteiger partial charge in [0.1, 0.15) is 11.9 Å². The van der Waals surface area contributed by atoms with E-state index in [0.29, 0.717) is 12.2 Å². The van der Waals surface area contributed by atoms with Gasteiger partial charge in [-0.05, 0) is 6.42 Å². The minimum atomic E-state index is -0.803. The van der Waals surface area contributed by atoms with Crippen molar-refractivity contribution in [3.8, 4) is 6.07 Å². The summed E-state index contributed by atoms with van der Waals surface area (Å²) < 4.78 is 0. The van der Waals surface area contributed by atoms with Crippen LogP contribution < -0.4 is 5.32 Å². The third-order valence-corrected chi connectivity index (χ3v) is 2.44. The number of nitriles is 1. The Morgan fingerprint density at radius 1 is 1.38 bits per heavy atom. The van der Waals surface area contributed by atoms with Crippen molar-refractivity contribution in [3.63, 3.8) is 0 Å². The zero-order valence-electron chi connectivity index (χ0n) is 9.01. The van der Waals surface area contributed by atoms with Crippen LogP contribution in [0.4, 0.5) is 5.82 Å². The molecule has 16 heavy (non-hydrogen) atoms.